The molecule has 0 radical (unpaired) electrons. The molecule has 1 aromatic heterocycles. The molecule has 0 atom stereocenters. The number of hydrogen-bond acceptors (Lipinski definition) is 5. The van der Waals surface area contributed by atoms with Crippen molar-refractivity contribution in [3.05, 3.63) is 47.7 Å². The van der Waals surface area contributed by atoms with Crippen molar-refractivity contribution >= 4 is 11.7 Å². The zero-order valence-electron chi connectivity index (χ0n) is 15.8. The molecule has 0 unspecified atom stereocenters. The Hall–Kier alpha value is -2.98. The SMILES string of the molecule is C#CCCC1(CCC(=O)Nc2cc3n(n2)CCN(Cc2ccccc2)C3)N=N1. The molecule has 7 heteroatoms. The quantitative estimate of drug-likeness (QED) is 0.719. The summed E-state index contributed by atoms with van der Waals surface area (Å²) >= 11 is 0. The monoisotopic (exact) mass is 376 g/mol. The van der Waals surface area contributed by atoms with Crippen LogP contribution in [0.15, 0.2) is 46.6 Å². The highest BCUT2D eigenvalue weighted by molar-refractivity contribution is 5.89. The van der Waals surface area contributed by atoms with Gasteiger partial charge in [0.2, 0.25) is 5.91 Å². The number of fused-ring (bicyclic) bond motifs is 1. The van der Waals surface area contributed by atoms with Crippen molar-refractivity contribution in [1.82, 2.24) is 14.7 Å². The summed E-state index contributed by atoms with van der Waals surface area (Å²) < 4.78 is 1.98. The van der Waals surface area contributed by atoms with E-state index in [0.717, 1.165) is 31.9 Å². The number of anilines is 1. The third-order valence-electron chi connectivity index (χ3n) is 5.20. The number of hydrogen-bond donors (Lipinski definition) is 1. The van der Waals surface area contributed by atoms with Crippen molar-refractivity contribution in [2.45, 2.75) is 51.0 Å². The van der Waals surface area contributed by atoms with E-state index in [-0.39, 0.29) is 5.91 Å². The number of terminal acetylenes is 1. The fourth-order valence-electron chi connectivity index (χ4n) is 3.55. The normalized spacial score (nSPS) is 17.0. The average molecular weight is 376 g/mol. The van der Waals surface area contributed by atoms with E-state index >= 15 is 0 Å². The highest BCUT2D eigenvalue weighted by atomic mass is 16.1. The fourth-order valence-corrected chi connectivity index (χ4v) is 3.55. The summed E-state index contributed by atoms with van der Waals surface area (Å²) in [5.41, 5.74) is 2.00. The minimum absolute atomic E-state index is 0.0611. The Morgan fingerprint density at radius 1 is 1.21 bits per heavy atom. The number of benzene rings is 1. The molecule has 144 valence electrons. The van der Waals surface area contributed by atoms with E-state index < -0.39 is 5.66 Å². The van der Waals surface area contributed by atoms with E-state index in [0.29, 0.717) is 31.5 Å². The minimum Gasteiger partial charge on any atom is -0.309 e. The smallest absolute Gasteiger partial charge is 0.225 e. The summed E-state index contributed by atoms with van der Waals surface area (Å²) in [5.74, 6) is 3.15. The van der Waals surface area contributed by atoms with Crippen molar-refractivity contribution < 1.29 is 4.79 Å². The Bertz CT molecular complexity index is 905. The van der Waals surface area contributed by atoms with E-state index in [2.05, 4.69) is 55.7 Å². The van der Waals surface area contributed by atoms with Crippen LogP contribution in [-0.2, 0) is 24.4 Å². The van der Waals surface area contributed by atoms with Gasteiger partial charge in [0.05, 0.1) is 12.2 Å². The predicted octanol–water partition coefficient (Wildman–Crippen LogP) is 3.19. The van der Waals surface area contributed by atoms with Crippen LogP contribution in [-0.4, -0.2) is 32.8 Å². The Morgan fingerprint density at radius 3 is 2.79 bits per heavy atom. The maximum absolute atomic E-state index is 12.3. The molecule has 28 heavy (non-hydrogen) atoms. The fraction of sp³-hybridized carbons (Fsp3) is 0.429. The van der Waals surface area contributed by atoms with Crippen LogP contribution in [0.2, 0.25) is 0 Å². The van der Waals surface area contributed by atoms with E-state index in [4.69, 9.17) is 6.42 Å². The van der Waals surface area contributed by atoms with Crippen LogP contribution >= 0.6 is 0 Å². The van der Waals surface area contributed by atoms with Crippen molar-refractivity contribution in [3.8, 4) is 12.3 Å². The third-order valence-corrected chi connectivity index (χ3v) is 5.20. The Kier molecular flexibility index (Phi) is 5.22. The first-order valence-electron chi connectivity index (χ1n) is 9.66. The van der Waals surface area contributed by atoms with E-state index in [1.54, 1.807) is 0 Å². The summed E-state index contributed by atoms with van der Waals surface area (Å²) in [6.07, 6.45) is 7.59. The topological polar surface area (TPSA) is 74.9 Å². The van der Waals surface area contributed by atoms with Gasteiger partial charge in [-0.15, -0.1) is 12.3 Å². The maximum Gasteiger partial charge on any atom is 0.225 e. The standard InChI is InChI=1S/C21H24N6O/c1-2-3-10-21(24-25-21)11-9-20(28)22-19-14-18-16-26(12-13-27(18)23-19)15-17-7-5-4-6-8-17/h1,4-8,14H,3,9-13,15-16H2,(H,22,23,28). The lowest BCUT2D eigenvalue weighted by molar-refractivity contribution is -0.116. The summed E-state index contributed by atoms with van der Waals surface area (Å²) in [4.78, 5) is 14.7. The molecule has 2 aliphatic rings. The number of carbonyl (C=O) groups excluding carboxylic acids is 1. The summed E-state index contributed by atoms with van der Waals surface area (Å²) in [5, 5.41) is 15.6. The van der Waals surface area contributed by atoms with E-state index in [1.165, 1.54) is 5.56 Å². The van der Waals surface area contributed by atoms with Gasteiger partial charge in [0.15, 0.2) is 11.5 Å². The largest absolute Gasteiger partial charge is 0.309 e. The lowest BCUT2D eigenvalue weighted by Crippen LogP contribution is -2.33. The lowest BCUT2D eigenvalue weighted by atomic mass is 10.0. The number of nitrogens with one attached hydrogen (secondary N) is 1. The zero-order chi connectivity index (χ0) is 19.4. The van der Waals surface area contributed by atoms with Crippen molar-refractivity contribution in [2.24, 2.45) is 10.2 Å². The lowest BCUT2D eigenvalue weighted by Gasteiger charge is -2.27. The molecular formula is C21H24N6O. The molecule has 0 saturated carbocycles. The number of rotatable bonds is 8. The van der Waals surface area contributed by atoms with Gasteiger partial charge in [-0.1, -0.05) is 30.3 Å². The van der Waals surface area contributed by atoms with Gasteiger partial charge < -0.3 is 5.32 Å². The van der Waals surface area contributed by atoms with Gasteiger partial charge in [-0.3, -0.25) is 14.4 Å². The second kappa shape index (κ2) is 7.95. The molecule has 1 aromatic carbocycles. The molecule has 1 N–H and O–H groups in total. The van der Waals surface area contributed by atoms with Crippen molar-refractivity contribution in [3.63, 3.8) is 0 Å². The summed E-state index contributed by atoms with van der Waals surface area (Å²) in [6.45, 7) is 3.51. The Morgan fingerprint density at radius 2 is 2.04 bits per heavy atom. The average Bonchev–Trinajstić information content (AvgIpc) is 3.37. The van der Waals surface area contributed by atoms with Crippen molar-refractivity contribution in [2.75, 3.05) is 11.9 Å². The number of amides is 1. The van der Waals surface area contributed by atoms with Crippen LogP contribution in [0.25, 0.3) is 0 Å². The van der Waals surface area contributed by atoms with Crippen LogP contribution in [0.4, 0.5) is 5.82 Å². The highest BCUT2D eigenvalue weighted by Gasteiger charge is 2.39. The van der Waals surface area contributed by atoms with Gasteiger partial charge in [0.25, 0.3) is 0 Å². The van der Waals surface area contributed by atoms with E-state index in [9.17, 15) is 4.79 Å². The first-order chi connectivity index (χ1) is 13.7. The molecule has 0 saturated heterocycles. The molecule has 4 rings (SSSR count). The Balaban J connectivity index is 1.28. The van der Waals surface area contributed by atoms with Crippen LogP contribution in [0.3, 0.4) is 0 Å². The van der Waals surface area contributed by atoms with Crippen LogP contribution in [0.5, 0.6) is 0 Å². The van der Waals surface area contributed by atoms with Crippen LogP contribution < -0.4 is 5.32 Å². The minimum atomic E-state index is -0.422. The Labute approximate surface area is 164 Å². The number of aromatic nitrogens is 2. The molecular weight excluding hydrogens is 352 g/mol. The second-order valence-electron chi connectivity index (χ2n) is 7.38. The maximum atomic E-state index is 12.3. The summed E-state index contributed by atoms with van der Waals surface area (Å²) in [7, 11) is 0. The van der Waals surface area contributed by atoms with Gasteiger partial charge >= 0.3 is 0 Å². The van der Waals surface area contributed by atoms with E-state index in [1.807, 2.05) is 16.8 Å². The first-order valence-corrected chi connectivity index (χ1v) is 9.66. The molecule has 0 bridgehead atoms. The molecule has 0 aliphatic carbocycles. The summed E-state index contributed by atoms with van der Waals surface area (Å²) in [6, 6.07) is 12.4. The van der Waals surface area contributed by atoms with Gasteiger partial charge in [-0.2, -0.15) is 15.3 Å². The number of nitrogens with zero attached hydrogens (tertiary/aromatic N) is 5. The van der Waals surface area contributed by atoms with Gasteiger partial charge in [-0.05, 0) is 5.56 Å². The zero-order valence-corrected chi connectivity index (χ0v) is 15.8. The molecule has 3 heterocycles. The second-order valence-corrected chi connectivity index (χ2v) is 7.38. The van der Waals surface area contributed by atoms with Gasteiger partial charge in [0, 0.05) is 51.4 Å². The van der Waals surface area contributed by atoms with Gasteiger partial charge in [0.1, 0.15) is 0 Å². The van der Waals surface area contributed by atoms with Crippen LogP contribution in [0.1, 0.15) is 36.9 Å². The highest BCUT2D eigenvalue weighted by Crippen LogP contribution is 2.37. The van der Waals surface area contributed by atoms with Crippen molar-refractivity contribution in [1.29, 1.82) is 0 Å². The molecule has 1 amide bonds. The molecule has 2 aromatic rings. The number of carbonyl (C=O) groups is 1. The van der Waals surface area contributed by atoms with Gasteiger partial charge in [-0.25, -0.2) is 0 Å². The first kappa shape index (κ1) is 18.4. The molecule has 2 aliphatic heterocycles. The molecule has 0 fully saturated rings. The third kappa shape index (κ3) is 4.46. The predicted molar refractivity (Wildman–Crippen MR) is 106 cm³/mol. The van der Waals surface area contributed by atoms with Crippen LogP contribution in [0, 0.1) is 12.3 Å². The molecule has 7 nitrogen and oxygen atoms in total. The molecule has 0 spiro atoms.